The highest BCUT2D eigenvalue weighted by molar-refractivity contribution is 7.99. The number of nitrogens with zero attached hydrogens (tertiary/aromatic N) is 2. The molecule has 0 saturated carbocycles. The number of aromatic carboxylic acids is 1. The smallest absolute Gasteiger partial charge is 0.335 e. The number of aromatic nitrogens is 3. The SMILES string of the molecule is O=C(CSc1ncn[nH]1)Nc1ccc(C(=O)O)cc1. The molecule has 1 heterocycles. The van der Waals surface area contributed by atoms with Crippen LogP contribution in [0.25, 0.3) is 0 Å². The summed E-state index contributed by atoms with van der Waals surface area (Å²) >= 11 is 1.23. The Morgan fingerprint density at radius 3 is 2.63 bits per heavy atom. The third kappa shape index (κ3) is 3.81. The number of rotatable bonds is 5. The van der Waals surface area contributed by atoms with Crippen molar-refractivity contribution in [3.05, 3.63) is 36.2 Å². The quantitative estimate of drug-likeness (QED) is 0.710. The fourth-order valence-corrected chi connectivity index (χ4v) is 1.87. The van der Waals surface area contributed by atoms with Crippen LogP contribution >= 0.6 is 11.8 Å². The Labute approximate surface area is 112 Å². The van der Waals surface area contributed by atoms with Crippen molar-refractivity contribution < 1.29 is 14.7 Å². The number of H-pyrrole nitrogens is 1. The molecule has 0 spiro atoms. The molecule has 2 aromatic rings. The van der Waals surface area contributed by atoms with E-state index in [0.29, 0.717) is 10.8 Å². The summed E-state index contributed by atoms with van der Waals surface area (Å²) in [6, 6.07) is 5.95. The van der Waals surface area contributed by atoms with Crippen molar-refractivity contribution in [2.75, 3.05) is 11.1 Å². The van der Waals surface area contributed by atoms with Gasteiger partial charge in [0.15, 0.2) is 5.16 Å². The van der Waals surface area contributed by atoms with E-state index in [1.165, 1.54) is 30.2 Å². The Hall–Kier alpha value is -2.35. The average molecular weight is 278 g/mol. The van der Waals surface area contributed by atoms with E-state index in [9.17, 15) is 9.59 Å². The standard InChI is InChI=1S/C11H10N4O3S/c16-9(5-19-11-12-6-13-15-11)14-8-3-1-7(2-4-8)10(17)18/h1-4,6H,5H2,(H,14,16)(H,17,18)(H,12,13,15). The van der Waals surface area contributed by atoms with Gasteiger partial charge in [-0.3, -0.25) is 9.89 Å². The molecule has 0 radical (unpaired) electrons. The Balaban J connectivity index is 1.86. The number of nitrogens with one attached hydrogen (secondary N) is 2. The van der Waals surface area contributed by atoms with Crippen LogP contribution in [0.15, 0.2) is 35.7 Å². The number of thioether (sulfide) groups is 1. The highest BCUT2D eigenvalue weighted by Crippen LogP contribution is 2.13. The Morgan fingerprint density at radius 1 is 1.32 bits per heavy atom. The summed E-state index contributed by atoms with van der Waals surface area (Å²) in [6.07, 6.45) is 1.37. The van der Waals surface area contributed by atoms with Crippen molar-refractivity contribution in [2.24, 2.45) is 0 Å². The molecule has 2 rings (SSSR count). The second-order valence-corrected chi connectivity index (χ2v) is 4.47. The fraction of sp³-hybridized carbons (Fsp3) is 0.0909. The molecule has 1 aromatic carbocycles. The number of benzene rings is 1. The van der Waals surface area contributed by atoms with E-state index in [1.54, 1.807) is 12.1 Å². The van der Waals surface area contributed by atoms with Crippen LogP contribution in [-0.2, 0) is 4.79 Å². The number of hydrogen-bond donors (Lipinski definition) is 3. The van der Waals surface area contributed by atoms with Crippen LogP contribution < -0.4 is 5.32 Å². The van der Waals surface area contributed by atoms with Crippen LogP contribution in [0.3, 0.4) is 0 Å². The van der Waals surface area contributed by atoms with Crippen LogP contribution in [0.4, 0.5) is 5.69 Å². The maximum Gasteiger partial charge on any atom is 0.335 e. The van der Waals surface area contributed by atoms with E-state index in [-0.39, 0.29) is 17.2 Å². The first-order chi connectivity index (χ1) is 9.15. The zero-order valence-electron chi connectivity index (χ0n) is 9.66. The molecule has 1 aromatic heterocycles. The minimum Gasteiger partial charge on any atom is -0.478 e. The van der Waals surface area contributed by atoms with Crippen molar-refractivity contribution in [2.45, 2.75) is 5.16 Å². The van der Waals surface area contributed by atoms with Gasteiger partial charge < -0.3 is 10.4 Å². The molecule has 19 heavy (non-hydrogen) atoms. The molecule has 0 aliphatic carbocycles. The summed E-state index contributed by atoms with van der Waals surface area (Å²) in [5.74, 6) is -1.01. The van der Waals surface area contributed by atoms with Gasteiger partial charge in [0.25, 0.3) is 0 Å². The summed E-state index contributed by atoms with van der Waals surface area (Å²) in [4.78, 5) is 26.2. The third-order valence-corrected chi connectivity index (χ3v) is 3.03. The molecule has 3 N–H and O–H groups in total. The molecule has 0 aliphatic rings. The first-order valence-corrected chi connectivity index (χ1v) is 6.25. The van der Waals surface area contributed by atoms with E-state index in [0.717, 1.165) is 0 Å². The molecule has 0 unspecified atom stereocenters. The van der Waals surface area contributed by atoms with Crippen LogP contribution in [-0.4, -0.2) is 37.9 Å². The van der Waals surface area contributed by atoms with Crippen LogP contribution in [0.2, 0.25) is 0 Å². The molecule has 0 saturated heterocycles. The second kappa shape index (κ2) is 6.01. The van der Waals surface area contributed by atoms with E-state index in [1.807, 2.05) is 0 Å². The Kier molecular flexibility index (Phi) is 4.14. The van der Waals surface area contributed by atoms with Gasteiger partial charge in [0.05, 0.1) is 11.3 Å². The number of hydrogen-bond acceptors (Lipinski definition) is 5. The minimum absolute atomic E-state index is 0.175. The van der Waals surface area contributed by atoms with Crippen LogP contribution in [0.5, 0.6) is 0 Å². The molecule has 7 nitrogen and oxygen atoms in total. The van der Waals surface area contributed by atoms with Crippen molar-refractivity contribution in [3.8, 4) is 0 Å². The first-order valence-electron chi connectivity index (χ1n) is 5.26. The van der Waals surface area contributed by atoms with Crippen molar-refractivity contribution >= 4 is 29.3 Å². The number of amides is 1. The van der Waals surface area contributed by atoms with Gasteiger partial charge in [-0.15, -0.1) is 0 Å². The predicted molar refractivity (Wildman–Crippen MR) is 69.1 cm³/mol. The molecule has 0 bridgehead atoms. The lowest BCUT2D eigenvalue weighted by atomic mass is 10.2. The molecule has 8 heteroatoms. The average Bonchev–Trinajstić information content (AvgIpc) is 2.90. The lowest BCUT2D eigenvalue weighted by molar-refractivity contribution is -0.113. The van der Waals surface area contributed by atoms with Crippen LogP contribution in [0.1, 0.15) is 10.4 Å². The number of carbonyl (C=O) groups excluding carboxylic acids is 1. The zero-order chi connectivity index (χ0) is 13.7. The van der Waals surface area contributed by atoms with Crippen molar-refractivity contribution in [1.82, 2.24) is 15.2 Å². The molecular weight excluding hydrogens is 268 g/mol. The van der Waals surface area contributed by atoms with Crippen molar-refractivity contribution in [3.63, 3.8) is 0 Å². The predicted octanol–water partition coefficient (Wildman–Crippen LogP) is 1.23. The fourth-order valence-electron chi connectivity index (χ4n) is 1.29. The minimum atomic E-state index is -1.00. The monoisotopic (exact) mass is 278 g/mol. The van der Waals surface area contributed by atoms with Gasteiger partial charge in [-0.05, 0) is 24.3 Å². The van der Waals surface area contributed by atoms with Gasteiger partial charge in [0, 0.05) is 5.69 Å². The second-order valence-electron chi connectivity index (χ2n) is 3.51. The number of anilines is 1. The lowest BCUT2D eigenvalue weighted by Crippen LogP contribution is -2.14. The maximum atomic E-state index is 11.6. The summed E-state index contributed by atoms with van der Waals surface area (Å²) in [5.41, 5.74) is 0.724. The number of carboxylic acid groups (broad SMARTS) is 1. The number of aromatic amines is 1. The molecule has 0 fully saturated rings. The van der Waals surface area contributed by atoms with Gasteiger partial charge in [-0.1, -0.05) is 11.8 Å². The maximum absolute atomic E-state index is 11.6. The van der Waals surface area contributed by atoms with E-state index in [2.05, 4.69) is 20.5 Å². The summed E-state index contributed by atoms with van der Waals surface area (Å²) in [6.45, 7) is 0. The van der Waals surface area contributed by atoms with Crippen molar-refractivity contribution in [1.29, 1.82) is 0 Å². The first kappa shape index (κ1) is 13.1. The number of carbonyl (C=O) groups is 2. The molecular formula is C11H10N4O3S. The third-order valence-electron chi connectivity index (χ3n) is 2.15. The number of carboxylic acids is 1. The molecule has 1 amide bonds. The highest BCUT2D eigenvalue weighted by atomic mass is 32.2. The Bertz CT molecular complexity index is 568. The molecule has 0 atom stereocenters. The molecule has 0 aliphatic heterocycles. The van der Waals surface area contributed by atoms with E-state index in [4.69, 9.17) is 5.11 Å². The van der Waals surface area contributed by atoms with Gasteiger partial charge in [0.1, 0.15) is 6.33 Å². The van der Waals surface area contributed by atoms with Gasteiger partial charge >= 0.3 is 5.97 Å². The summed E-state index contributed by atoms with van der Waals surface area (Å²) in [7, 11) is 0. The topological polar surface area (TPSA) is 108 Å². The van der Waals surface area contributed by atoms with E-state index >= 15 is 0 Å². The largest absolute Gasteiger partial charge is 0.478 e. The van der Waals surface area contributed by atoms with Gasteiger partial charge in [-0.25, -0.2) is 9.78 Å². The van der Waals surface area contributed by atoms with Crippen LogP contribution in [0, 0.1) is 0 Å². The van der Waals surface area contributed by atoms with Gasteiger partial charge in [0.2, 0.25) is 5.91 Å². The molecule has 98 valence electrons. The zero-order valence-corrected chi connectivity index (χ0v) is 10.5. The van der Waals surface area contributed by atoms with Gasteiger partial charge in [-0.2, -0.15) is 5.10 Å². The summed E-state index contributed by atoms with van der Waals surface area (Å²) < 4.78 is 0. The summed E-state index contributed by atoms with van der Waals surface area (Å²) in [5, 5.41) is 18.3. The van der Waals surface area contributed by atoms with E-state index < -0.39 is 5.97 Å². The normalized spacial score (nSPS) is 10.1. The Morgan fingerprint density at radius 2 is 2.05 bits per heavy atom. The lowest BCUT2D eigenvalue weighted by Gasteiger charge is -2.04. The highest BCUT2D eigenvalue weighted by Gasteiger charge is 2.06.